The summed E-state index contributed by atoms with van der Waals surface area (Å²) in [5, 5.41) is 5.46. The number of ether oxygens (including phenoxy) is 1. The molecule has 2 amide bonds. The maximum Gasteiger partial charge on any atom is 0.255 e. The van der Waals surface area contributed by atoms with Crippen LogP contribution in [0, 0.1) is 5.82 Å². The first-order valence-corrected chi connectivity index (χ1v) is 9.33. The Morgan fingerprint density at radius 2 is 1.73 bits per heavy atom. The summed E-state index contributed by atoms with van der Waals surface area (Å²) in [6.45, 7) is 4.15. The predicted molar refractivity (Wildman–Crippen MR) is 114 cm³/mol. The van der Waals surface area contributed by atoms with Gasteiger partial charge in [-0.15, -0.1) is 6.58 Å². The Labute approximate surface area is 174 Å². The number of halogens is 1. The lowest BCUT2D eigenvalue weighted by Crippen LogP contribution is -2.25. The fourth-order valence-electron chi connectivity index (χ4n) is 2.72. The van der Waals surface area contributed by atoms with Gasteiger partial charge in [-0.05, 0) is 48.0 Å². The number of carbonyl (C=O) groups is 2. The molecule has 0 fully saturated rings. The Bertz CT molecular complexity index is 1050. The van der Waals surface area contributed by atoms with Crippen molar-refractivity contribution >= 4 is 17.5 Å². The number of amides is 2. The minimum Gasteiger partial charge on any atom is -0.489 e. The molecule has 6 heteroatoms. The number of nitrogens with one attached hydrogen (secondary N) is 2. The molecular formula is C24H21FN2O3. The van der Waals surface area contributed by atoms with Gasteiger partial charge in [0.05, 0.1) is 11.3 Å². The fraction of sp³-hybridized carbons (Fsp3) is 0.0833. The Morgan fingerprint density at radius 1 is 0.967 bits per heavy atom. The Kier molecular flexibility index (Phi) is 6.95. The first-order chi connectivity index (χ1) is 14.6. The van der Waals surface area contributed by atoms with Crippen molar-refractivity contribution in [2.24, 2.45) is 0 Å². The van der Waals surface area contributed by atoms with Gasteiger partial charge in [-0.25, -0.2) is 4.39 Å². The fourth-order valence-corrected chi connectivity index (χ4v) is 2.72. The highest BCUT2D eigenvalue weighted by Gasteiger charge is 2.14. The average Bonchev–Trinajstić information content (AvgIpc) is 2.77. The molecule has 30 heavy (non-hydrogen) atoms. The zero-order chi connectivity index (χ0) is 21.3. The largest absolute Gasteiger partial charge is 0.489 e. The molecule has 3 rings (SSSR count). The summed E-state index contributed by atoms with van der Waals surface area (Å²) < 4.78 is 18.7. The second-order valence-electron chi connectivity index (χ2n) is 6.44. The summed E-state index contributed by atoms with van der Waals surface area (Å²) in [5.74, 6) is -0.478. The lowest BCUT2D eigenvalue weighted by Gasteiger charge is -2.12. The molecule has 0 unspecified atom stereocenters. The van der Waals surface area contributed by atoms with Crippen molar-refractivity contribution in [3.63, 3.8) is 0 Å². The van der Waals surface area contributed by atoms with Crippen LogP contribution in [0.5, 0.6) is 5.75 Å². The highest BCUT2D eigenvalue weighted by Crippen LogP contribution is 2.19. The smallest absolute Gasteiger partial charge is 0.255 e. The van der Waals surface area contributed by atoms with Crippen LogP contribution in [-0.4, -0.2) is 18.4 Å². The third kappa shape index (κ3) is 5.54. The Hall–Kier alpha value is -3.93. The van der Waals surface area contributed by atoms with Crippen molar-refractivity contribution in [2.75, 3.05) is 11.9 Å². The second-order valence-corrected chi connectivity index (χ2v) is 6.44. The van der Waals surface area contributed by atoms with Crippen LogP contribution in [-0.2, 0) is 6.61 Å². The lowest BCUT2D eigenvalue weighted by atomic mass is 10.1. The quantitative estimate of drug-likeness (QED) is 0.541. The van der Waals surface area contributed by atoms with Crippen molar-refractivity contribution in [1.82, 2.24) is 5.32 Å². The number of hydrogen-bond donors (Lipinski definition) is 2. The van der Waals surface area contributed by atoms with E-state index < -0.39 is 0 Å². The molecule has 0 radical (unpaired) electrons. The molecule has 0 saturated carbocycles. The summed E-state index contributed by atoms with van der Waals surface area (Å²) in [6.07, 6.45) is 1.58. The van der Waals surface area contributed by atoms with E-state index in [1.807, 2.05) is 0 Å². The van der Waals surface area contributed by atoms with E-state index in [9.17, 15) is 14.0 Å². The van der Waals surface area contributed by atoms with E-state index in [0.717, 1.165) is 5.56 Å². The van der Waals surface area contributed by atoms with Gasteiger partial charge in [-0.3, -0.25) is 9.59 Å². The summed E-state index contributed by atoms with van der Waals surface area (Å²) in [5.41, 5.74) is 1.96. The van der Waals surface area contributed by atoms with Gasteiger partial charge in [0.1, 0.15) is 18.2 Å². The van der Waals surface area contributed by atoms with Crippen molar-refractivity contribution < 1.29 is 18.7 Å². The normalized spacial score (nSPS) is 10.2. The summed E-state index contributed by atoms with van der Waals surface area (Å²) in [4.78, 5) is 25.0. The molecule has 0 atom stereocenters. The van der Waals surface area contributed by atoms with Crippen LogP contribution in [0.1, 0.15) is 26.3 Å². The van der Waals surface area contributed by atoms with Gasteiger partial charge in [0, 0.05) is 12.1 Å². The molecule has 0 bridgehead atoms. The van der Waals surface area contributed by atoms with E-state index in [-0.39, 0.29) is 24.2 Å². The van der Waals surface area contributed by atoms with Crippen LogP contribution < -0.4 is 15.4 Å². The molecule has 0 aliphatic rings. The SMILES string of the molecule is C=CCNC(=O)c1ccccc1NC(=O)c1cccc(OCc2ccc(F)cc2)c1. The van der Waals surface area contributed by atoms with Crippen LogP contribution in [0.25, 0.3) is 0 Å². The molecule has 152 valence electrons. The Balaban J connectivity index is 1.69. The Morgan fingerprint density at radius 3 is 2.50 bits per heavy atom. The molecular weight excluding hydrogens is 383 g/mol. The van der Waals surface area contributed by atoms with Crippen LogP contribution >= 0.6 is 0 Å². The molecule has 0 heterocycles. The van der Waals surface area contributed by atoms with Crippen molar-refractivity contribution in [2.45, 2.75) is 6.61 Å². The molecule has 3 aromatic rings. The highest BCUT2D eigenvalue weighted by atomic mass is 19.1. The van der Waals surface area contributed by atoms with Crippen LogP contribution in [0.2, 0.25) is 0 Å². The van der Waals surface area contributed by atoms with E-state index in [1.165, 1.54) is 12.1 Å². The van der Waals surface area contributed by atoms with Crippen LogP contribution in [0.4, 0.5) is 10.1 Å². The second kappa shape index (κ2) is 10.0. The highest BCUT2D eigenvalue weighted by molar-refractivity contribution is 6.09. The topological polar surface area (TPSA) is 67.4 Å². The third-order valence-electron chi connectivity index (χ3n) is 4.24. The minimum absolute atomic E-state index is 0.248. The zero-order valence-electron chi connectivity index (χ0n) is 16.2. The van der Waals surface area contributed by atoms with Gasteiger partial charge >= 0.3 is 0 Å². The maximum absolute atomic E-state index is 13.0. The number of carbonyl (C=O) groups excluding carboxylic acids is 2. The lowest BCUT2D eigenvalue weighted by molar-refractivity contribution is 0.0959. The van der Waals surface area contributed by atoms with E-state index in [2.05, 4.69) is 17.2 Å². The summed E-state index contributed by atoms with van der Waals surface area (Å²) in [7, 11) is 0. The molecule has 0 saturated heterocycles. The predicted octanol–water partition coefficient (Wildman–Crippen LogP) is 4.57. The maximum atomic E-state index is 13.0. The molecule has 2 N–H and O–H groups in total. The summed E-state index contributed by atoms with van der Waals surface area (Å²) >= 11 is 0. The van der Waals surface area contributed by atoms with E-state index in [0.29, 0.717) is 29.1 Å². The number of para-hydroxylation sites is 1. The number of benzene rings is 3. The monoisotopic (exact) mass is 404 g/mol. The molecule has 0 aromatic heterocycles. The molecule has 0 aliphatic heterocycles. The van der Waals surface area contributed by atoms with E-state index in [4.69, 9.17) is 4.74 Å². The first-order valence-electron chi connectivity index (χ1n) is 9.33. The minimum atomic E-state index is -0.369. The summed E-state index contributed by atoms with van der Waals surface area (Å²) in [6, 6.07) is 19.5. The van der Waals surface area contributed by atoms with Gasteiger partial charge in [0.25, 0.3) is 11.8 Å². The van der Waals surface area contributed by atoms with Gasteiger partial charge < -0.3 is 15.4 Å². The molecule has 3 aromatic carbocycles. The van der Waals surface area contributed by atoms with Crippen LogP contribution in [0.3, 0.4) is 0 Å². The molecule has 0 spiro atoms. The van der Waals surface area contributed by atoms with Crippen molar-refractivity contribution in [3.8, 4) is 5.75 Å². The van der Waals surface area contributed by atoms with Crippen LogP contribution in [0.15, 0.2) is 85.5 Å². The van der Waals surface area contributed by atoms with E-state index in [1.54, 1.807) is 66.7 Å². The van der Waals surface area contributed by atoms with Crippen molar-refractivity contribution in [3.05, 3.63) is 108 Å². The third-order valence-corrected chi connectivity index (χ3v) is 4.24. The number of hydrogen-bond acceptors (Lipinski definition) is 3. The van der Waals surface area contributed by atoms with Crippen molar-refractivity contribution in [1.29, 1.82) is 0 Å². The van der Waals surface area contributed by atoms with Gasteiger partial charge in [0.2, 0.25) is 0 Å². The molecule has 5 nitrogen and oxygen atoms in total. The van der Waals surface area contributed by atoms with E-state index >= 15 is 0 Å². The average molecular weight is 404 g/mol. The van der Waals surface area contributed by atoms with Gasteiger partial charge in [0.15, 0.2) is 0 Å². The zero-order valence-corrected chi connectivity index (χ0v) is 16.2. The number of anilines is 1. The number of rotatable bonds is 8. The first kappa shape index (κ1) is 20.8. The van der Waals surface area contributed by atoms with Gasteiger partial charge in [-0.2, -0.15) is 0 Å². The standard InChI is InChI=1S/C24H21FN2O3/c1-2-14-26-24(29)21-8-3-4-9-22(21)27-23(28)18-6-5-7-20(15-18)30-16-17-10-12-19(25)13-11-17/h2-13,15H,1,14,16H2,(H,26,29)(H,27,28). The molecule has 0 aliphatic carbocycles. The van der Waals surface area contributed by atoms with Gasteiger partial charge in [-0.1, -0.05) is 36.4 Å².